The van der Waals surface area contributed by atoms with Gasteiger partial charge < -0.3 is 9.84 Å². The number of hydrogen-bond acceptors (Lipinski definition) is 3. The Balaban J connectivity index is 1.85. The lowest BCUT2D eigenvalue weighted by Crippen LogP contribution is -2.30. The predicted molar refractivity (Wildman–Crippen MR) is 120 cm³/mol. The van der Waals surface area contributed by atoms with Gasteiger partial charge in [0.2, 0.25) is 0 Å². The van der Waals surface area contributed by atoms with E-state index in [2.05, 4.69) is 26.0 Å². The molecule has 3 aromatic carbocycles. The molecule has 4 heteroatoms. The van der Waals surface area contributed by atoms with Crippen LogP contribution in [0.1, 0.15) is 42.5 Å². The average molecular weight is 399 g/mol. The number of benzene rings is 3. The summed E-state index contributed by atoms with van der Waals surface area (Å²) in [7, 11) is 1.61. The zero-order valence-electron chi connectivity index (χ0n) is 17.4. The molecule has 0 saturated carbocycles. The van der Waals surface area contributed by atoms with Crippen LogP contribution in [0.4, 0.5) is 5.69 Å². The molecule has 1 aliphatic heterocycles. The zero-order valence-corrected chi connectivity index (χ0v) is 17.4. The summed E-state index contributed by atoms with van der Waals surface area (Å²) in [5, 5.41) is 10.9. The fourth-order valence-electron chi connectivity index (χ4n) is 3.91. The van der Waals surface area contributed by atoms with Gasteiger partial charge in [0.15, 0.2) is 5.76 Å². The van der Waals surface area contributed by atoms with Gasteiger partial charge in [-0.05, 0) is 46.9 Å². The van der Waals surface area contributed by atoms with Crippen molar-refractivity contribution in [2.45, 2.75) is 25.8 Å². The molecule has 3 aromatic rings. The summed E-state index contributed by atoms with van der Waals surface area (Å²) in [6.45, 7) is 4.30. The summed E-state index contributed by atoms with van der Waals surface area (Å²) in [4.78, 5) is 14.8. The van der Waals surface area contributed by atoms with Crippen molar-refractivity contribution in [2.75, 3.05) is 12.0 Å². The minimum atomic E-state index is -0.422. The summed E-state index contributed by atoms with van der Waals surface area (Å²) >= 11 is 0. The Labute approximate surface area is 177 Å². The van der Waals surface area contributed by atoms with Gasteiger partial charge in [0.1, 0.15) is 5.75 Å². The lowest BCUT2D eigenvalue weighted by atomic mass is 9.91. The smallest absolute Gasteiger partial charge is 0.294 e. The van der Waals surface area contributed by atoms with Crippen LogP contribution in [0.5, 0.6) is 5.75 Å². The van der Waals surface area contributed by atoms with Crippen LogP contribution in [0, 0.1) is 0 Å². The van der Waals surface area contributed by atoms with Gasteiger partial charge in [-0.3, -0.25) is 9.69 Å². The Morgan fingerprint density at radius 1 is 0.900 bits per heavy atom. The van der Waals surface area contributed by atoms with Gasteiger partial charge >= 0.3 is 0 Å². The van der Waals surface area contributed by atoms with Gasteiger partial charge in [-0.25, -0.2) is 0 Å². The predicted octanol–water partition coefficient (Wildman–Crippen LogP) is 5.88. The first-order valence-electron chi connectivity index (χ1n) is 10.1. The quantitative estimate of drug-likeness (QED) is 0.583. The SMILES string of the molecule is COc1ccc(N2C(=O)C(O)=C(c3ccccc3)[C@H]2c2ccc(C(C)C)cc2)cc1. The normalized spacial score (nSPS) is 16.5. The van der Waals surface area contributed by atoms with E-state index < -0.39 is 11.9 Å². The van der Waals surface area contributed by atoms with Crippen molar-refractivity contribution in [3.63, 3.8) is 0 Å². The molecular weight excluding hydrogens is 374 g/mol. The average Bonchev–Trinajstić information content (AvgIpc) is 3.05. The molecule has 0 radical (unpaired) electrons. The molecule has 0 aromatic heterocycles. The van der Waals surface area contributed by atoms with Crippen molar-refractivity contribution in [1.29, 1.82) is 0 Å². The molecule has 0 saturated heterocycles. The molecule has 1 N–H and O–H groups in total. The van der Waals surface area contributed by atoms with E-state index in [1.54, 1.807) is 12.0 Å². The number of aliphatic hydroxyl groups excluding tert-OH is 1. The van der Waals surface area contributed by atoms with Crippen LogP contribution in [0.2, 0.25) is 0 Å². The number of amides is 1. The van der Waals surface area contributed by atoms with E-state index >= 15 is 0 Å². The molecule has 0 spiro atoms. The van der Waals surface area contributed by atoms with Crippen LogP contribution < -0.4 is 9.64 Å². The molecule has 1 aliphatic rings. The second kappa shape index (κ2) is 8.07. The lowest BCUT2D eigenvalue weighted by Gasteiger charge is -2.28. The number of carbonyl (C=O) groups excluding carboxylic acids is 1. The number of hydrogen-bond donors (Lipinski definition) is 1. The monoisotopic (exact) mass is 399 g/mol. The zero-order chi connectivity index (χ0) is 21.3. The first kappa shape index (κ1) is 19.8. The standard InChI is InChI=1S/C26H25NO3/c1-17(2)18-9-11-20(12-10-18)24-23(19-7-5-4-6-8-19)25(28)26(29)27(24)21-13-15-22(30-3)16-14-21/h4-17,24,28H,1-3H3/t24-/m1/s1. The first-order chi connectivity index (χ1) is 14.5. The molecule has 4 nitrogen and oxygen atoms in total. The van der Waals surface area contributed by atoms with Crippen LogP contribution in [0.25, 0.3) is 5.57 Å². The first-order valence-corrected chi connectivity index (χ1v) is 10.1. The molecule has 0 aliphatic carbocycles. The highest BCUT2D eigenvalue weighted by Gasteiger charge is 2.41. The molecule has 1 atom stereocenters. The van der Waals surface area contributed by atoms with Crippen molar-refractivity contribution >= 4 is 17.2 Å². The van der Waals surface area contributed by atoms with E-state index in [4.69, 9.17) is 4.74 Å². The number of carbonyl (C=O) groups is 1. The van der Waals surface area contributed by atoms with Crippen molar-refractivity contribution in [2.24, 2.45) is 0 Å². The Kier molecular flexibility index (Phi) is 5.32. The molecule has 1 heterocycles. The molecule has 0 unspecified atom stereocenters. The molecule has 1 amide bonds. The largest absolute Gasteiger partial charge is 0.503 e. The topological polar surface area (TPSA) is 49.8 Å². The van der Waals surface area contributed by atoms with Crippen molar-refractivity contribution < 1.29 is 14.6 Å². The molecule has 4 rings (SSSR count). The highest BCUT2D eigenvalue weighted by Crippen LogP contribution is 2.45. The fraction of sp³-hybridized carbons (Fsp3) is 0.192. The number of nitrogens with zero attached hydrogens (tertiary/aromatic N) is 1. The van der Waals surface area contributed by atoms with Crippen LogP contribution in [0.15, 0.2) is 84.6 Å². The number of methoxy groups -OCH3 is 1. The lowest BCUT2D eigenvalue weighted by molar-refractivity contribution is -0.117. The summed E-state index contributed by atoms with van der Waals surface area (Å²) < 4.78 is 5.25. The van der Waals surface area contributed by atoms with E-state index in [-0.39, 0.29) is 5.76 Å². The number of ether oxygens (including phenoxy) is 1. The van der Waals surface area contributed by atoms with Gasteiger partial charge in [0, 0.05) is 11.3 Å². The molecule has 0 bridgehead atoms. The Bertz CT molecular complexity index is 1070. The van der Waals surface area contributed by atoms with Crippen LogP contribution in [-0.4, -0.2) is 18.1 Å². The van der Waals surface area contributed by atoms with Gasteiger partial charge in [0.05, 0.1) is 13.2 Å². The van der Waals surface area contributed by atoms with Crippen molar-refractivity contribution in [3.05, 3.63) is 101 Å². The Morgan fingerprint density at radius 3 is 2.10 bits per heavy atom. The summed E-state index contributed by atoms with van der Waals surface area (Å²) in [5.41, 5.74) is 4.34. The summed E-state index contributed by atoms with van der Waals surface area (Å²) in [6.07, 6.45) is 0. The van der Waals surface area contributed by atoms with Crippen LogP contribution in [0.3, 0.4) is 0 Å². The van der Waals surface area contributed by atoms with Gasteiger partial charge in [-0.15, -0.1) is 0 Å². The van der Waals surface area contributed by atoms with E-state index in [1.165, 1.54) is 5.56 Å². The highest BCUT2D eigenvalue weighted by atomic mass is 16.5. The number of anilines is 1. The van der Waals surface area contributed by atoms with E-state index in [0.717, 1.165) is 11.1 Å². The second-order valence-corrected chi connectivity index (χ2v) is 7.73. The van der Waals surface area contributed by atoms with E-state index in [0.29, 0.717) is 22.9 Å². The van der Waals surface area contributed by atoms with Gasteiger partial charge in [-0.1, -0.05) is 68.4 Å². The van der Waals surface area contributed by atoms with Crippen LogP contribution >= 0.6 is 0 Å². The van der Waals surface area contributed by atoms with E-state index in [9.17, 15) is 9.90 Å². The third-order valence-electron chi connectivity index (χ3n) is 5.56. The number of rotatable bonds is 5. The van der Waals surface area contributed by atoms with Gasteiger partial charge in [0.25, 0.3) is 5.91 Å². The fourth-order valence-corrected chi connectivity index (χ4v) is 3.91. The van der Waals surface area contributed by atoms with Crippen molar-refractivity contribution in [3.8, 4) is 5.75 Å². The molecular formula is C26H25NO3. The Morgan fingerprint density at radius 2 is 1.53 bits per heavy atom. The van der Waals surface area contributed by atoms with Crippen molar-refractivity contribution in [1.82, 2.24) is 0 Å². The molecule has 0 fully saturated rings. The summed E-state index contributed by atoms with van der Waals surface area (Å²) in [6, 6.07) is 24.8. The maximum absolute atomic E-state index is 13.2. The highest BCUT2D eigenvalue weighted by molar-refractivity contribution is 6.16. The number of aliphatic hydroxyl groups is 1. The minimum absolute atomic E-state index is 0.213. The maximum Gasteiger partial charge on any atom is 0.294 e. The van der Waals surface area contributed by atoms with Crippen LogP contribution in [-0.2, 0) is 4.79 Å². The third kappa shape index (κ3) is 3.45. The maximum atomic E-state index is 13.2. The van der Waals surface area contributed by atoms with E-state index in [1.807, 2.05) is 66.7 Å². The van der Waals surface area contributed by atoms with Gasteiger partial charge in [-0.2, -0.15) is 0 Å². The second-order valence-electron chi connectivity index (χ2n) is 7.73. The minimum Gasteiger partial charge on any atom is -0.503 e. The third-order valence-corrected chi connectivity index (χ3v) is 5.56. The molecule has 30 heavy (non-hydrogen) atoms. The Hall–Kier alpha value is -3.53. The molecule has 152 valence electrons. The summed E-state index contributed by atoms with van der Waals surface area (Å²) in [5.74, 6) is 0.509.